The summed E-state index contributed by atoms with van der Waals surface area (Å²) in [6.07, 6.45) is 7.69. The van der Waals surface area contributed by atoms with Crippen LogP contribution in [0, 0.1) is 0 Å². The van der Waals surface area contributed by atoms with Crippen molar-refractivity contribution in [1.82, 2.24) is 0 Å². The lowest BCUT2D eigenvalue weighted by Crippen LogP contribution is -2.25. The van der Waals surface area contributed by atoms with E-state index in [0.717, 1.165) is 19.3 Å². The molecule has 1 aromatic carbocycles. The summed E-state index contributed by atoms with van der Waals surface area (Å²) in [6, 6.07) is 6.03. The van der Waals surface area contributed by atoms with Crippen LogP contribution in [0.3, 0.4) is 0 Å². The van der Waals surface area contributed by atoms with Gasteiger partial charge in [0.1, 0.15) is 11.9 Å². The van der Waals surface area contributed by atoms with Crippen LogP contribution in [0.15, 0.2) is 24.3 Å². The molecule has 0 heterocycles. The smallest absolute Gasteiger partial charge is 0.339 e. The van der Waals surface area contributed by atoms with E-state index >= 15 is 0 Å². The lowest BCUT2D eigenvalue weighted by molar-refractivity contribution is 0.0454. The fourth-order valence-electron chi connectivity index (χ4n) is 2.50. The molecule has 1 rings (SSSR count). The predicted octanol–water partition coefficient (Wildman–Crippen LogP) is 4.03. The highest BCUT2D eigenvalue weighted by atomic mass is 32.2. The van der Waals surface area contributed by atoms with Crippen molar-refractivity contribution >= 4 is 22.1 Å². The van der Waals surface area contributed by atoms with E-state index in [0.29, 0.717) is 0 Å². The molecule has 0 bridgehead atoms. The molecule has 7 nitrogen and oxygen atoms in total. The normalized spacial score (nSPS) is 12.4. The number of esters is 2. The fraction of sp³-hybridized carbons (Fsp3) is 0.600. The molecular weight excluding hydrogens is 384 g/mol. The van der Waals surface area contributed by atoms with Crippen molar-refractivity contribution in [1.29, 1.82) is 0 Å². The molecule has 158 valence electrons. The van der Waals surface area contributed by atoms with Crippen LogP contribution in [-0.4, -0.2) is 43.4 Å². The molecular formula is C20H30O7S. The van der Waals surface area contributed by atoms with Gasteiger partial charge in [0.2, 0.25) is 0 Å². The predicted molar refractivity (Wildman–Crippen MR) is 106 cm³/mol. The lowest BCUT2D eigenvalue weighted by Gasteiger charge is -2.12. The summed E-state index contributed by atoms with van der Waals surface area (Å²) in [5, 5.41) is -1.26. The van der Waals surface area contributed by atoms with Gasteiger partial charge in [-0.15, -0.1) is 0 Å². The quantitative estimate of drug-likeness (QED) is 0.295. The minimum absolute atomic E-state index is 0.00500. The molecule has 0 aromatic heterocycles. The molecule has 0 aliphatic carbocycles. The highest BCUT2D eigenvalue weighted by Gasteiger charge is 2.23. The molecule has 0 aliphatic rings. The van der Waals surface area contributed by atoms with Crippen molar-refractivity contribution in [2.75, 3.05) is 13.2 Å². The summed E-state index contributed by atoms with van der Waals surface area (Å²) in [7, 11) is -4.30. The van der Waals surface area contributed by atoms with Crippen LogP contribution < -0.4 is 0 Å². The van der Waals surface area contributed by atoms with Gasteiger partial charge in [0, 0.05) is 0 Å². The van der Waals surface area contributed by atoms with E-state index in [1.165, 1.54) is 44.7 Å². The maximum atomic E-state index is 12.3. The largest absolute Gasteiger partial charge is 0.462 e. The van der Waals surface area contributed by atoms with Gasteiger partial charge in [-0.3, -0.25) is 4.55 Å². The van der Waals surface area contributed by atoms with E-state index < -0.39 is 33.9 Å². The molecule has 1 aromatic rings. The SMILES string of the molecule is CCCCCCCCCOC(=O)c1ccccc1C(=O)OCC(C)S(=O)(=O)O. The Balaban J connectivity index is 2.51. The fourth-order valence-corrected chi connectivity index (χ4v) is 2.74. The summed E-state index contributed by atoms with van der Waals surface area (Å²) in [4.78, 5) is 24.5. The van der Waals surface area contributed by atoms with E-state index in [-0.39, 0.29) is 17.7 Å². The molecule has 28 heavy (non-hydrogen) atoms. The minimum atomic E-state index is -4.30. The first-order valence-electron chi connectivity index (χ1n) is 9.67. The summed E-state index contributed by atoms with van der Waals surface area (Å²) < 4.78 is 41.1. The number of ether oxygens (including phenoxy) is 2. The number of hydrogen-bond acceptors (Lipinski definition) is 6. The van der Waals surface area contributed by atoms with Gasteiger partial charge in [0.25, 0.3) is 10.1 Å². The molecule has 0 amide bonds. The Kier molecular flexibility index (Phi) is 10.8. The molecule has 0 saturated heterocycles. The zero-order chi connectivity index (χ0) is 21.0. The van der Waals surface area contributed by atoms with Crippen LogP contribution in [0.2, 0.25) is 0 Å². The van der Waals surface area contributed by atoms with Crippen molar-refractivity contribution in [3.63, 3.8) is 0 Å². The van der Waals surface area contributed by atoms with Gasteiger partial charge in [0.15, 0.2) is 0 Å². The maximum Gasteiger partial charge on any atom is 0.339 e. The summed E-state index contributed by atoms with van der Waals surface area (Å²) in [5.41, 5.74) is 0.0598. The zero-order valence-electron chi connectivity index (χ0n) is 16.6. The Morgan fingerprint density at radius 1 is 0.929 bits per heavy atom. The zero-order valence-corrected chi connectivity index (χ0v) is 17.4. The van der Waals surface area contributed by atoms with Crippen LogP contribution in [0.25, 0.3) is 0 Å². The first-order chi connectivity index (χ1) is 13.3. The lowest BCUT2D eigenvalue weighted by atomic mass is 10.1. The Hall–Kier alpha value is -1.93. The molecule has 0 fully saturated rings. The number of unbranched alkanes of at least 4 members (excludes halogenated alkanes) is 6. The average molecular weight is 415 g/mol. The molecule has 0 radical (unpaired) electrons. The second kappa shape index (κ2) is 12.5. The third-order valence-corrected chi connectivity index (χ3v) is 5.46. The second-order valence-electron chi connectivity index (χ2n) is 6.73. The van der Waals surface area contributed by atoms with Crippen LogP contribution in [0.4, 0.5) is 0 Å². The Morgan fingerprint density at radius 2 is 1.43 bits per heavy atom. The Morgan fingerprint density at radius 3 is 1.96 bits per heavy atom. The van der Waals surface area contributed by atoms with Gasteiger partial charge < -0.3 is 9.47 Å². The second-order valence-corrected chi connectivity index (χ2v) is 8.56. The standard InChI is InChI=1S/C20H30O7S/c1-3-4-5-6-7-8-11-14-26-19(21)17-12-9-10-13-18(17)20(22)27-15-16(2)28(23,24)25/h9-10,12-13,16H,3-8,11,14-15H2,1-2H3,(H,23,24,25). The molecule has 1 N–H and O–H groups in total. The molecule has 0 saturated carbocycles. The van der Waals surface area contributed by atoms with Crippen molar-refractivity contribution in [2.45, 2.75) is 64.0 Å². The molecule has 1 unspecified atom stereocenters. The minimum Gasteiger partial charge on any atom is -0.462 e. The summed E-state index contributed by atoms with van der Waals surface area (Å²) in [5.74, 6) is -1.47. The van der Waals surface area contributed by atoms with Crippen LogP contribution in [0.5, 0.6) is 0 Å². The van der Waals surface area contributed by atoms with E-state index in [1.807, 2.05) is 0 Å². The van der Waals surface area contributed by atoms with Gasteiger partial charge >= 0.3 is 11.9 Å². The Labute approximate surface area is 167 Å². The number of rotatable bonds is 13. The van der Waals surface area contributed by atoms with Gasteiger partial charge in [-0.2, -0.15) is 8.42 Å². The van der Waals surface area contributed by atoms with Gasteiger partial charge in [-0.1, -0.05) is 57.6 Å². The van der Waals surface area contributed by atoms with Crippen LogP contribution in [0.1, 0.15) is 79.5 Å². The monoisotopic (exact) mass is 414 g/mol. The maximum absolute atomic E-state index is 12.3. The van der Waals surface area contributed by atoms with Gasteiger partial charge in [-0.25, -0.2) is 9.59 Å². The first kappa shape index (κ1) is 24.1. The Bertz CT molecular complexity index is 728. The molecule has 8 heteroatoms. The van der Waals surface area contributed by atoms with E-state index in [4.69, 9.17) is 14.0 Å². The molecule has 1 atom stereocenters. The third kappa shape index (κ3) is 8.84. The number of benzene rings is 1. The van der Waals surface area contributed by atoms with E-state index in [9.17, 15) is 18.0 Å². The van der Waals surface area contributed by atoms with E-state index in [2.05, 4.69) is 6.92 Å². The number of hydrogen-bond donors (Lipinski definition) is 1. The van der Waals surface area contributed by atoms with Crippen LogP contribution >= 0.6 is 0 Å². The highest BCUT2D eigenvalue weighted by Crippen LogP contribution is 2.14. The number of carbonyl (C=O) groups excluding carboxylic acids is 2. The topological polar surface area (TPSA) is 107 Å². The third-order valence-electron chi connectivity index (χ3n) is 4.31. The summed E-state index contributed by atoms with van der Waals surface area (Å²) in [6.45, 7) is 3.14. The van der Waals surface area contributed by atoms with E-state index in [1.54, 1.807) is 12.1 Å². The van der Waals surface area contributed by atoms with Crippen LogP contribution in [-0.2, 0) is 19.6 Å². The van der Waals surface area contributed by atoms with Gasteiger partial charge in [-0.05, 0) is 25.5 Å². The number of carbonyl (C=O) groups is 2. The summed E-state index contributed by atoms with van der Waals surface area (Å²) >= 11 is 0. The van der Waals surface area contributed by atoms with Crippen molar-refractivity contribution in [2.24, 2.45) is 0 Å². The highest BCUT2D eigenvalue weighted by molar-refractivity contribution is 7.86. The van der Waals surface area contributed by atoms with Crippen molar-refractivity contribution in [3.05, 3.63) is 35.4 Å². The van der Waals surface area contributed by atoms with Gasteiger partial charge in [0.05, 0.1) is 17.7 Å². The average Bonchev–Trinajstić information content (AvgIpc) is 2.66. The van der Waals surface area contributed by atoms with Crippen molar-refractivity contribution in [3.8, 4) is 0 Å². The molecule has 0 spiro atoms. The molecule has 0 aliphatic heterocycles. The first-order valence-corrected chi connectivity index (χ1v) is 11.2. The van der Waals surface area contributed by atoms with Crippen molar-refractivity contribution < 1.29 is 32.0 Å².